The predicted octanol–water partition coefficient (Wildman–Crippen LogP) is 5.49. The Morgan fingerprint density at radius 1 is 1.00 bits per heavy atom. The summed E-state index contributed by atoms with van der Waals surface area (Å²) in [4.78, 5) is 22.1. The highest BCUT2D eigenvalue weighted by Gasteiger charge is 2.17. The zero-order valence-corrected chi connectivity index (χ0v) is 17.7. The summed E-state index contributed by atoms with van der Waals surface area (Å²) in [6.45, 7) is 4.03. The Kier molecular flexibility index (Phi) is 5.94. The van der Waals surface area contributed by atoms with E-state index < -0.39 is 0 Å². The quantitative estimate of drug-likeness (QED) is 0.427. The monoisotopic (exact) mass is 411 g/mol. The minimum absolute atomic E-state index is 0.176. The molecule has 0 radical (unpaired) electrons. The van der Waals surface area contributed by atoms with Gasteiger partial charge in [0.25, 0.3) is 5.56 Å². The Hall–Kier alpha value is -3.73. The van der Waals surface area contributed by atoms with Crippen LogP contribution in [0.15, 0.2) is 76.5 Å². The number of hydrogen-bond donors (Lipinski definition) is 1. The first-order chi connectivity index (χ1) is 15.1. The van der Waals surface area contributed by atoms with E-state index in [1.807, 2.05) is 49.4 Å². The van der Waals surface area contributed by atoms with Crippen LogP contribution >= 0.6 is 0 Å². The summed E-state index contributed by atoms with van der Waals surface area (Å²) in [5.41, 5.74) is 3.00. The number of hydrogen-bond acceptors (Lipinski definition) is 4. The molecule has 0 unspecified atom stereocenters. The van der Waals surface area contributed by atoms with Crippen LogP contribution in [0.4, 0.5) is 5.69 Å². The van der Waals surface area contributed by atoms with Gasteiger partial charge in [0.2, 0.25) is 5.88 Å². The summed E-state index contributed by atoms with van der Waals surface area (Å²) >= 11 is 0. The predicted molar refractivity (Wildman–Crippen MR) is 126 cm³/mol. The normalized spacial score (nSPS) is 11.4. The number of pyridine rings is 2. The maximum absolute atomic E-state index is 13.1. The van der Waals surface area contributed by atoms with Crippen molar-refractivity contribution in [2.45, 2.75) is 33.1 Å². The van der Waals surface area contributed by atoms with Crippen molar-refractivity contribution in [2.24, 2.45) is 4.99 Å². The molecule has 0 amide bonds. The maximum atomic E-state index is 13.1. The van der Waals surface area contributed by atoms with Gasteiger partial charge in [0.05, 0.1) is 11.3 Å². The average Bonchev–Trinajstić information content (AvgIpc) is 2.78. The van der Waals surface area contributed by atoms with Crippen LogP contribution in [0.2, 0.25) is 0 Å². The second-order valence-electron chi connectivity index (χ2n) is 7.59. The molecule has 0 fully saturated rings. The molecule has 4 rings (SSSR count). The zero-order chi connectivity index (χ0) is 21.8. The second kappa shape index (κ2) is 8.96. The standard InChI is InChI=1S/C26H25N3O2/c1-3-4-9-19-13-15-20(16-14-19)27-17-23-21-10-5-6-11-22(21)25(30)29(26(23)31)24-12-7-8-18(2)28-24/h5-8,10-17,31H,3-4,9H2,1-2H3. The van der Waals surface area contributed by atoms with Gasteiger partial charge in [-0.3, -0.25) is 9.79 Å². The van der Waals surface area contributed by atoms with E-state index in [0.717, 1.165) is 30.6 Å². The molecule has 1 N–H and O–H groups in total. The molecule has 2 aromatic heterocycles. The molecule has 0 saturated carbocycles. The van der Waals surface area contributed by atoms with E-state index in [1.165, 1.54) is 10.1 Å². The van der Waals surface area contributed by atoms with Crippen LogP contribution in [-0.2, 0) is 6.42 Å². The lowest BCUT2D eigenvalue weighted by atomic mass is 10.1. The molecule has 5 nitrogen and oxygen atoms in total. The fourth-order valence-electron chi connectivity index (χ4n) is 3.62. The number of rotatable bonds is 6. The number of aromatic hydroxyl groups is 1. The van der Waals surface area contributed by atoms with Crippen molar-refractivity contribution in [3.63, 3.8) is 0 Å². The zero-order valence-electron chi connectivity index (χ0n) is 17.7. The highest BCUT2D eigenvalue weighted by atomic mass is 16.3. The first-order valence-electron chi connectivity index (χ1n) is 10.5. The van der Waals surface area contributed by atoms with Gasteiger partial charge in [-0.05, 0) is 55.7 Å². The van der Waals surface area contributed by atoms with Crippen LogP contribution in [0, 0.1) is 6.92 Å². The molecule has 2 heterocycles. The third-order valence-corrected chi connectivity index (χ3v) is 5.30. The van der Waals surface area contributed by atoms with Gasteiger partial charge in [-0.25, -0.2) is 9.55 Å². The van der Waals surface area contributed by atoms with Gasteiger partial charge in [0.1, 0.15) is 5.82 Å². The summed E-state index contributed by atoms with van der Waals surface area (Å²) in [5.74, 6) is 0.202. The van der Waals surface area contributed by atoms with Crippen molar-refractivity contribution >= 4 is 22.7 Å². The van der Waals surface area contributed by atoms with E-state index in [0.29, 0.717) is 22.2 Å². The first kappa shape index (κ1) is 20.5. The van der Waals surface area contributed by atoms with E-state index >= 15 is 0 Å². The van der Waals surface area contributed by atoms with Gasteiger partial charge in [0.15, 0.2) is 0 Å². The Balaban J connectivity index is 1.82. The molecular formula is C26H25N3O2. The Bertz CT molecular complexity index is 1300. The molecular weight excluding hydrogens is 386 g/mol. The highest BCUT2D eigenvalue weighted by Crippen LogP contribution is 2.26. The number of aryl methyl sites for hydroxylation is 2. The molecule has 5 heteroatoms. The molecule has 0 bridgehead atoms. The van der Waals surface area contributed by atoms with Crippen molar-refractivity contribution in [1.29, 1.82) is 0 Å². The van der Waals surface area contributed by atoms with Crippen LogP contribution in [0.5, 0.6) is 5.88 Å². The number of fused-ring (bicyclic) bond motifs is 1. The SMILES string of the molecule is CCCCc1ccc(N=Cc2c(O)n(-c3cccc(C)n3)c(=O)c3ccccc23)cc1. The topological polar surface area (TPSA) is 67.5 Å². The van der Waals surface area contributed by atoms with Gasteiger partial charge in [-0.15, -0.1) is 0 Å². The largest absolute Gasteiger partial charge is 0.494 e. The van der Waals surface area contributed by atoms with Crippen LogP contribution in [0.1, 0.15) is 36.6 Å². The lowest BCUT2D eigenvalue weighted by molar-refractivity contribution is 0.435. The minimum atomic E-state index is -0.316. The van der Waals surface area contributed by atoms with Crippen LogP contribution in [-0.4, -0.2) is 20.9 Å². The van der Waals surface area contributed by atoms with Gasteiger partial charge in [-0.1, -0.05) is 49.7 Å². The molecule has 156 valence electrons. The van der Waals surface area contributed by atoms with E-state index in [9.17, 15) is 9.90 Å². The van der Waals surface area contributed by atoms with Crippen LogP contribution in [0.25, 0.3) is 16.6 Å². The summed E-state index contributed by atoms with van der Waals surface area (Å²) in [7, 11) is 0. The van der Waals surface area contributed by atoms with Crippen LogP contribution in [0.3, 0.4) is 0 Å². The van der Waals surface area contributed by atoms with Crippen molar-refractivity contribution in [2.75, 3.05) is 0 Å². The molecule has 0 aliphatic carbocycles. The smallest absolute Gasteiger partial charge is 0.267 e. The molecule has 0 saturated heterocycles. The van der Waals surface area contributed by atoms with Gasteiger partial charge in [-0.2, -0.15) is 0 Å². The van der Waals surface area contributed by atoms with Crippen molar-refractivity contribution in [3.8, 4) is 11.7 Å². The lowest BCUT2D eigenvalue weighted by Gasteiger charge is -2.13. The number of aromatic nitrogens is 2. The second-order valence-corrected chi connectivity index (χ2v) is 7.59. The van der Waals surface area contributed by atoms with Gasteiger partial charge < -0.3 is 5.11 Å². The van der Waals surface area contributed by atoms with Crippen LogP contribution < -0.4 is 5.56 Å². The third kappa shape index (κ3) is 4.26. The number of unbranched alkanes of at least 4 members (excludes halogenated alkanes) is 1. The molecule has 0 atom stereocenters. The van der Waals surface area contributed by atoms with E-state index in [1.54, 1.807) is 18.3 Å². The highest BCUT2D eigenvalue weighted by molar-refractivity contribution is 6.02. The van der Waals surface area contributed by atoms with Crippen molar-refractivity contribution < 1.29 is 5.11 Å². The molecule has 0 aliphatic heterocycles. The van der Waals surface area contributed by atoms with E-state index in [2.05, 4.69) is 29.0 Å². The van der Waals surface area contributed by atoms with E-state index in [-0.39, 0.29) is 11.4 Å². The Morgan fingerprint density at radius 3 is 2.45 bits per heavy atom. The van der Waals surface area contributed by atoms with Crippen molar-refractivity contribution in [3.05, 3.63) is 93.9 Å². The summed E-state index contributed by atoms with van der Waals surface area (Å²) in [5, 5.41) is 12.2. The number of aliphatic imine (C=N–C) groups is 1. The fraction of sp³-hybridized carbons (Fsp3) is 0.192. The molecule has 0 aliphatic rings. The maximum Gasteiger partial charge on any atom is 0.267 e. The average molecular weight is 412 g/mol. The molecule has 0 spiro atoms. The lowest BCUT2D eigenvalue weighted by Crippen LogP contribution is -2.21. The molecule has 31 heavy (non-hydrogen) atoms. The Labute approximate surface area is 181 Å². The van der Waals surface area contributed by atoms with Gasteiger partial charge >= 0.3 is 0 Å². The summed E-state index contributed by atoms with van der Waals surface area (Å²) < 4.78 is 1.24. The molecule has 2 aromatic carbocycles. The summed E-state index contributed by atoms with van der Waals surface area (Å²) in [6, 6.07) is 20.7. The third-order valence-electron chi connectivity index (χ3n) is 5.30. The summed E-state index contributed by atoms with van der Waals surface area (Å²) in [6.07, 6.45) is 5.00. The minimum Gasteiger partial charge on any atom is -0.494 e. The Morgan fingerprint density at radius 2 is 1.74 bits per heavy atom. The first-order valence-corrected chi connectivity index (χ1v) is 10.5. The molecule has 4 aromatic rings. The fourth-order valence-corrected chi connectivity index (χ4v) is 3.62. The van der Waals surface area contributed by atoms with Gasteiger partial charge in [0, 0.05) is 22.7 Å². The van der Waals surface area contributed by atoms with E-state index in [4.69, 9.17) is 0 Å². The van der Waals surface area contributed by atoms with Crippen molar-refractivity contribution in [1.82, 2.24) is 9.55 Å². The number of nitrogens with zero attached hydrogens (tertiary/aromatic N) is 3. The number of benzene rings is 2.